The fourth-order valence-electron chi connectivity index (χ4n) is 3.21. The number of amides is 1. The standard InChI is InChI=1S/C17H21N3O4/c21-15(20-8-6-12(7-9-20)16(22)23)3-1-2-11-4-5-13-14(10-11)19-17(24)18-13/h4-5,10,12H,1-3,6-9H2,(H,22,23)(H2,18,19,24). The Balaban J connectivity index is 1.47. The van der Waals surface area contributed by atoms with Crippen LogP contribution >= 0.6 is 0 Å². The molecule has 0 unspecified atom stereocenters. The van der Waals surface area contributed by atoms with Crippen molar-refractivity contribution in [3.8, 4) is 0 Å². The molecule has 3 rings (SSSR count). The lowest BCUT2D eigenvalue weighted by Gasteiger charge is -2.30. The van der Waals surface area contributed by atoms with Crippen molar-refractivity contribution in [1.82, 2.24) is 14.9 Å². The number of aromatic nitrogens is 2. The first-order valence-electron chi connectivity index (χ1n) is 8.24. The van der Waals surface area contributed by atoms with Crippen molar-refractivity contribution < 1.29 is 14.7 Å². The molecule has 0 aliphatic carbocycles. The number of imidazole rings is 1. The summed E-state index contributed by atoms with van der Waals surface area (Å²) in [5.41, 5.74) is 2.41. The van der Waals surface area contributed by atoms with Gasteiger partial charge in [-0.25, -0.2) is 4.79 Å². The number of nitrogens with zero attached hydrogens (tertiary/aromatic N) is 1. The molecule has 0 radical (unpaired) electrons. The monoisotopic (exact) mass is 331 g/mol. The number of fused-ring (bicyclic) bond motifs is 1. The second-order valence-electron chi connectivity index (χ2n) is 6.31. The fourth-order valence-corrected chi connectivity index (χ4v) is 3.21. The van der Waals surface area contributed by atoms with Gasteiger partial charge in [-0.05, 0) is 43.4 Å². The highest BCUT2D eigenvalue weighted by atomic mass is 16.4. The number of hydrogen-bond acceptors (Lipinski definition) is 3. The van der Waals surface area contributed by atoms with Crippen molar-refractivity contribution in [1.29, 1.82) is 0 Å². The predicted octanol–water partition coefficient (Wildman–Crippen LogP) is 1.50. The first-order chi connectivity index (χ1) is 11.5. The number of likely N-dealkylation sites (tertiary alicyclic amines) is 1. The summed E-state index contributed by atoms with van der Waals surface area (Å²) in [6, 6.07) is 5.74. The zero-order valence-corrected chi connectivity index (χ0v) is 13.4. The van der Waals surface area contributed by atoms with E-state index >= 15 is 0 Å². The number of H-pyrrole nitrogens is 2. The van der Waals surface area contributed by atoms with Gasteiger partial charge in [0.05, 0.1) is 17.0 Å². The van der Waals surface area contributed by atoms with Gasteiger partial charge < -0.3 is 20.0 Å². The van der Waals surface area contributed by atoms with Crippen LogP contribution in [0.4, 0.5) is 0 Å². The predicted molar refractivity (Wildman–Crippen MR) is 88.8 cm³/mol. The summed E-state index contributed by atoms with van der Waals surface area (Å²) in [4.78, 5) is 41.6. The van der Waals surface area contributed by atoms with Crippen LogP contribution in [0.25, 0.3) is 11.0 Å². The van der Waals surface area contributed by atoms with Gasteiger partial charge in [-0.15, -0.1) is 0 Å². The maximum atomic E-state index is 12.2. The van der Waals surface area contributed by atoms with Crippen molar-refractivity contribution in [3.63, 3.8) is 0 Å². The average Bonchev–Trinajstić information content (AvgIpc) is 2.94. The quantitative estimate of drug-likeness (QED) is 0.772. The Morgan fingerprint density at radius 3 is 2.58 bits per heavy atom. The van der Waals surface area contributed by atoms with E-state index in [9.17, 15) is 14.4 Å². The Kier molecular flexibility index (Phi) is 4.69. The first-order valence-corrected chi connectivity index (χ1v) is 8.24. The first kappa shape index (κ1) is 16.3. The number of hydrogen-bond donors (Lipinski definition) is 3. The van der Waals surface area contributed by atoms with Crippen molar-refractivity contribution in [2.45, 2.75) is 32.1 Å². The van der Waals surface area contributed by atoms with Crippen LogP contribution in [0.5, 0.6) is 0 Å². The summed E-state index contributed by atoms with van der Waals surface area (Å²) >= 11 is 0. The summed E-state index contributed by atoms with van der Waals surface area (Å²) in [5.74, 6) is -0.987. The van der Waals surface area contributed by atoms with Crippen molar-refractivity contribution in [3.05, 3.63) is 34.2 Å². The molecular weight excluding hydrogens is 310 g/mol. The molecule has 0 saturated carbocycles. The Hall–Kier alpha value is -2.57. The zero-order valence-electron chi connectivity index (χ0n) is 13.4. The minimum Gasteiger partial charge on any atom is -0.481 e. The number of benzene rings is 1. The SMILES string of the molecule is O=C(O)C1CCN(C(=O)CCCc2ccc3[nH]c(=O)[nH]c3c2)CC1. The molecule has 2 heterocycles. The second-order valence-corrected chi connectivity index (χ2v) is 6.31. The highest BCUT2D eigenvalue weighted by molar-refractivity contribution is 5.77. The molecule has 1 aliphatic rings. The van der Waals surface area contributed by atoms with Gasteiger partial charge in [0, 0.05) is 19.5 Å². The van der Waals surface area contributed by atoms with Gasteiger partial charge in [0.25, 0.3) is 0 Å². The van der Waals surface area contributed by atoms with Crippen molar-refractivity contribution in [2.24, 2.45) is 5.92 Å². The molecule has 7 heteroatoms. The Bertz CT molecular complexity index is 800. The summed E-state index contributed by atoms with van der Waals surface area (Å²) in [6.07, 6.45) is 3.04. The summed E-state index contributed by atoms with van der Waals surface area (Å²) in [6.45, 7) is 1.07. The van der Waals surface area contributed by atoms with E-state index in [2.05, 4.69) is 9.97 Å². The van der Waals surface area contributed by atoms with Gasteiger partial charge in [0.15, 0.2) is 0 Å². The molecule has 0 bridgehead atoms. The Morgan fingerprint density at radius 1 is 1.17 bits per heavy atom. The average molecular weight is 331 g/mol. The maximum Gasteiger partial charge on any atom is 0.323 e. The third-order valence-corrected chi connectivity index (χ3v) is 4.63. The second kappa shape index (κ2) is 6.90. The molecule has 0 atom stereocenters. The van der Waals surface area contributed by atoms with Gasteiger partial charge >= 0.3 is 11.7 Å². The van der Waals surface area contributed by atoms with Crippen LogP contribution in [-0.2, 0) is 16.0 Å². The van der Waals surface area contributed by atoms with Crippen LogP contribution in [0.2, 0.25) is 0 Å². The summed E-state index contributed by atoms with van der Waals surface area (Å²) in [7, 11) is 0. The van der Waals surface area contributed by atoms with Crippen LogP contribution in [0, 0.1) is 5.92 Å². The van der Waals surface area contributed by atoms with E-state index in [0.29, 0.717) is 32.4 Å². The van der Waals surface area contributed by atoms with Gasteiger partial charge in [0.2, 0.25) is 5.91 Å². The van der Waals surface area contributed by atoms with E-state index in [1.807, 2.05) is 18.2 Å². The molecular formula is C17H21N3O4. The smallest absolute Gasteiger partial charge is 0.323 e. The molecule has 3 N–H and O–H groups in total. The van der Waals surface area contributed by atoms with E-state index < -0.39 is 5.97 Å². The van der Waals surface area contributed by atoms with E-state index in [1.54, 1.807) is 4.90 Å². The molecule has 1 saturated heterocycles. The largest absolute Gasteiger partial charge is 0.481 e. The van der Waals surface area contributed by atoms with E-state index in [1.165, 1.54) is 0 Å². The molecule has 1 aliphatic heterocycles. The molecule has 24 heavy (non-hydrogen) atoms. The van der Waals surface area contributed by atoms with E-state index in [-0.39, 0.29) is 17.5 Å². The lowest BCUT2D eigenvalue weighted by Crippen LogP contribution is -2.40. The number of nitrogens with one attached hydrogen (secondary N) is 2. The normalized spacial score (nSPS) is 15.8. The lowest BCUT2D eigenvalue weighted by atomic mass is 9.96. The van der Waals surface area contributed by atoms with E-state index in [4.69, 9.17) is 5.11 Å². The number of rotatable bonds is 5. The number of carbonyl (C=O) groups is 2. The van der Waals surface area contributed by atoms with Crippen LogP contribution in [0.15, 0.2) is 23.0 Å². The number of piperidine rings is 1. The number of aliphatic carboxylic acids is 1. The summed E-state index contributed by atoms with van der Waals surface area (Å²) in [5, 5.41) is 8.98. The van der Waals surface area contributed by atoms with Crippen molar-refractivity contribution in [2.75, 3.05) is 13.1 Å². The lowest BCUT2D eigenvalue weighted by molar-refractivity contribution is -0.145. The minimum absolute atomic E-state index is 0.0926. The topological polar surface area (TPSA) is 106 Å². The fraction of sp³-hybridized carbons (Fsp3) is 0.471. The minimum atomic E-state index is -0.764. The van der Waals surface area contributed by atoms with Gasteiger partial charge in [-0.1, -0.05) is 6.07 Å². The summed E-state index contributed by atoms with van der Waals surface area (Å²) < 4.78 is 0. The van der Waals surface area contributed by atoms with Crippen LogP contribution in [0.1, 0.15) is 31.2 Å². The molecule has 128 valence electrons. The Labute approximate surface area is 138 Å². The zero-order chi connectivity index (χ0) is 17.1. The number of aromatic amines is 2. The highest BCUT2D eigenvalue weighted by Crippen LogP contribution is 2.19. The van der Waals surface area contributed by atoms with Gasteiger partial charge in [-0.3, -0.25) is 9.59 Å². The number of aryl methyl sites for hydroxylation is 1. The molecule has 1 fully saturated rings. The molecule has 7 nitrogen and oxygen atoms in total. The molecule has 2 aromatic rings. The van der Waals surface area contributed by atoms with E-state index in [0.717, 1.165) is 29.4 Å². The van der Waals surface area contributed by atoms with Gasteiger partial charge in [0.1, 0.15) is 0 Å². The third kappa shape index (κ3) is 3.67. The molecule has 1 aromatic carbocycles. The number of carboxylic acids is 1. The number of carbonyl (C=O) groups excluding carboxylic acids is 1. The van der Waals surface area contributed by atoms with Crippen LogP contribution in [-0.4, -0.2) is 44.9 Å². The molecule has 1 aromatic heterocycles. The highest BCUT2D eigenvalue weighted by Gasteiger charge is 2.26. The third-order valence-electron chi connectivity index (χ3n) is 4.63. The van der Waals surface area contributed by atoms with Gasteiger partial charge in [-0.2, -0.15) is 0 Å². The van der Waals surface area contributed by atoms with Crippen molar-refractivity contribution >= 4 is 22.9 Å². The maximum absolute atomic E-state index is 12.2. The Morgan fingerprint density at radius 2 is 1.88 bits per heavy atom. The molecule has 1 amide bonds. The van der Waals surface area contributed by atoms with Crippen LogP contribution in [0.3, 0.4) is 0 Å². The van der Waals surface area contributed by atoms with Crippen LogP contribution < -0.4 is 5.69 Å². The molecule has 0 spiro atoms. The number of carboxylic acid groups (broad SMARTS) is 1.